The predicted molar refractivity (Wildman–Crippen MR) is 104 cm³/mol. The summed E-state index contributed by atoms with van der Waals surface area (Å²) in [6.45, 7) is 4.28. The zero-order valence-corrected chi connectivity index (χ0v) is 15.5. The van der Waals surface area contributed by atoms with Crippen molar-refractivity contribution in [3.05, 3.63) is 64.7 Å². The zero-order chi connectivity index (χ0) is 18.9. The number of benzene rings is 2. The van der Waals surface area contributed by atoms with Crippen LogP contribution in [0.3, 0.4) is 0 Å². The molecule has 1 fully saturated rings. The molecule has 4 nitrogen and oxygen atoms in total. The van der Waals surface area contributed by atoms with Crippen LogP contribution in [0.2, 0.25) is 0 Å². The second-order valence-electron chi connectivity index (χ2n) is 7.40. The Morgan fingerprint density at radius 3 is 2.52 bits per heavy atom. The van der Waals surface area contributed by atoms with E-state index in [1.165, 1.54) is 11.1 Å². The van der Waals surface area contributed by atoms with Crippen LogP contribution in [0.25, 0.3) is 0 Å². The Hall–Kier alpha value is -2.77. The van der Waals surface area contributed by atoms with Crippen molar-refractivity contribution < 1.29 is 14.6 Å². The molecule has 0 radical (unpaired) electrons. The molecule has 2 aromatic carbocycles. The standard InChI is InChI=1S/C23H23NO3/c1-2-27-20-9-6-17(7-10-20)3-4-18-5-8-19-14-24(15-22(25)26)16-23(11-12-23)21(19)13-18/h5-10,13H,2,11-12,14-16H2,1H3,(H,25,26). The summed E-state index contributed by atoms with van der Waals surface area (Å²) in [5.41, 5.74) is 4.72. The van der Waals surface area contributed by atoms with Gasteiger partial charge in [0.05, 0.1) is 13.2 Å². The highest BCUT2D eigenvalue weighted by atomic mass is 16.5. The maximum absolute atomic E-state index is 11.1. The molecule has 2 aromatic rings. The van der Waals surface area contributed by atoms with Crippen LogP contribution in [-0.4, -0.2) is 35.7 Å². The second-order valence-corrected chi connectivity index (χ2v) is 7.40. The van der Waals surface area contributed by atoms with Gasteiger partial charge in [0.2, 0.25) is 0 Å². The van der Waals surface area contributed by atoms with Gasteiger partial charge in [-0.3, -0.25) is 9.69 Å². The molecule has 27 heavy (non-hydrogen) atoms. The Kier molecular flexibility index (Phi) is 4.63. The number of aliphatic carboxylic acids is 1. The smallest absolute Gasteiger partial charge is 0.317 e. The Bertz CT molecular complexity index is 917. The summed E-state index contributed by atoms with van der Waals surface area (Å²) in [6.07, 6.45) is 2.26. The summed E-state index contributed by atoms with van der Waals surface area (Å²) >= 11 is 0. The number of carboxylic acids is 1. The lowest BCUT2D eigenvalue weighted by atomic mass is 9.86. The quantitative estimate of drug-likeness (QED) is 0.848. The summed E-state index contributed by atoms with van der Waals surface area (Å²) in [5.74, 6) is 6.60. The van der Waals surface area contributed by atoms with Crippen molar-refractivity contribution in [1.29, 1.82) is 0 Å². The fraction of sp³-hybridized carbons (Fsp3) is 0.348. The van der Waals surface area contributed by atoms with Gasteiger partial charge >= 0.3 is 5.97 Å². The lowest BCUT2D eigenvalue weighted by Crippen LogP contribution is -2.40. The summed E-state index contributed by atoms with van der Waals surface area (Å²) in [5, 5.41) is 9.11. The van der Waals surface area contributed by atoms with Gasteiger partial charge in [0, 0.05) is 29.6 Å². The van der Waals surface area contributed by atoms with Crippen molar-refractivity contribution >= 4 is 5.97 Å². The Morgan fingerprint density at radius 2 is 1.85 bits per heavy atom. The van der Waals surface area contributed by atoms with E-state index in [-0.39, 0.29) is 12.0 Å². The number of fused-ring (bicyclic) bond motifs is 2. The van der Waals surface area contributed by atoms with E-state index in [1.807, 2.05) is 42.2 Å². The predicted octanol–water partition coefficient (Wildman–Crippen LogP) is 3.42. The number of rotatable bonds is 4. The number of ether oxygens (including phenoxy) is 1. The first-order valence-electron chi connectivity index (χ1n) is 9.40. The van der Waals surface area contributed by atoms with Crippen LogP contribution >= 0.6 is 0 Å². The van der Waals surface area contributed by atoms with Crippen molar-refractivity contribution in [3.63, 3.8) is 0 Å². The van der Waals surface area contributed by atoms with Gasteiger partial charge in [-0.2, -0.15) is 0 Å². The summed E-state index contributed by atoms with van der Waals surface area (Å²) < 4.78 is 5.46. The highest BCUT2D eigenvalue weighted by Crippen LogP contribution is 2.52. The van der Waals surface area contributed by atoms with E-state index < -0.39 is 5.97 Å². The van der Waals surface area contributed by atoms with E-state index in [4.69, 9.17) is 9.84 Å². The van der Waals surface area contributed by atoms with Crippen LogP contribution in [0.5, 0.6) is 5.75 Å². The minimum Gasteiger partial charge on any atom is -0.494 e. The van der Waals surface area contributed by atoms with Gasteiger partial charge < -0.3 is 9.84 Å². The highest BCUT2D eigenvalue weighted by molar-refractivity contribution is 5.69. The molecule has 0 unspecified atom stereocenters. The van der Waals surface area contributed by atoms with Crippen LogP contribution in [0.4, 0.5) is 0 Å². The van der Waals surface area contributed by atoms with Gasteiger partial charge in [0.25, 0.3) is 0 Å². The van der Waals surface area contributed by atoms with Crippen molar-refractivity contribution in [2.75, 3.05) is 19.7 Å². The number of hydrogen-bond acceptors (Lipinski definition) is 3. The molecule has 1 spiro atoms. The maximum atomic E-state index is 11.1. The molecule has 2 aliphatic rings. The molecule has 4 rings (SSSR count). The SMILES string of the molecule is CCOc1ccc(C#Cc2ccc3c(c2)C2(CC2)CN(CC(=O)O)C3)cc1. The first-order chi connectivity index (χ1) is 13.1. The Balaban J connectivity index is 1.55. The van der Waals surface area contributed by atoms with E-state index >= 15 is 0 Å². The fourth-order valence-electron chi connectivity index (χ4n) is 3.92. The topological polar surface area (TPSA) is 49.8 Å². The van der Waals surface area contributed by atoms with Crippen LogP contribution in [0.1, 0.15) is 42.0 Å². The zero-order valence-electron chi connectivity index (χ0n) is 15.5. The molecule has 1 saturated carbocycles. The summed E-state index contributed by atoms with van der Waals surface area (Å²) in [4.78, 5) is 13.1. The van der Waals surface area contributed by atoms with Crippen LogP contribution in [0.15, 0.2) is 42.5 Å². The molecule has 1 aliphatic carbocycles. The van der Waals surface area contributed by atoms with Crippen LogP contribution in [-0.2, 0) is 16.8 Å². The lowest BCUT2D eigenvalue weighted by molar-refractivity contribution is -0.138. The van der Waals surface area contributed by atoms with E-state index in [1.54, 1.807) is 0 Å². The highest BCUT2D eigenvalue weighted by Gasteiger charge is 2.49. The molecule has 0 saturated heterocycles. The maximum Gasteiger partial charge on any atom is 0.317 e. The Morgan fingerprint density at radius 1 is 1.15 bits per heavy atom. The molecule has 138 valence electrons. The number of carbonyl (C=O) groups is 1. The lowest BCUT2D eigenvalue weighted by Gasteiger charge is -2.34. The van der Waals surface area contributed by atoms with E-state index in [2.05, 4.69) is 24.0 Å². The molecular weight excluding hydrogens is 338 g/mol. The van der Waals surface area contributed by atoms with Gasteiger partial charge in [0.15, 0.2) is 0 Å². The molecule has 0 amide bonds. The monoisotopic (exact) mass is 361 g/mol. The number of nitrogens with zero attached hydrogens (tertiary/aromatic N) is 1. The third kappa shape index (κ3) is 3.84. The first kappa shape index (κ1) is 17.6. The molecular formula is C23H23NO3. The van der Waals surface area contributed by atoms with Gasteiger partial charge in [-0.1, -0.05) is 17.9 Å². The largest absolute Gasteiger partial charge is 0.494 e. The van der Waals surface area contributed by atoms with Crippen LogP contribution in [0, 0.1) is 11.8 Å². The van der Waals surface area contributed by atoms with Crippen molar-refractivity contribution in [2.24, 2.45) is 0 Å². The number of carboxylic acid groups (broad SMARTS) is 1. The molecule has 1 aliphatic heterocycles. The molecule has 0 aromatic heterocycles. The minimum absolute atomic E-state index is 0.112. The first-order valence-corrected chi connectivity index (χ1v) is 9.40. The van der Waals surface area contributed by atoms with Crippen molar-refractivity contribution in [2.45, 2.75) is 31.7 Å². The Labute approximate surface area is 159 Å². The minimum atomic E-state index is -0.757. The third-order valence-corrected chi connectivity index (χ3v) is 5.33. The second kappa shape index (κ2) is 7.09. The van der Waals surface area contributed by atoms with Gasteiger partial charge in [-0.05, 0) is 67.3 Å². The normalized spacial score (nSPS) is 16.9. The average molecular weight is 361 g/mol. The average Bonchev–Trinajstić information content (AvgIpc) is 3.41. The molecule has 1 N–H and O–H groups in total. The fourth-order valence-corrected chi connectivity index (χ4v) is 3.92. The van der Waals surface area contributed by atoms with Gasteiger partial charge in [-0.25, -0.2) is 0 Å². The molecule has 4 heteroatoms. The molecule has 0 atom stereocenters. The van der Waals surface area contributed by atoms with E-state index in [0.29, 0.717) is 13.2 Å². The summed E-state index contributed by atoms with van der Waals surface area (Å²) in [6, 6.07) is 14.2. The van der Waals surface area contributed by atoms with Gasteiger partial charge in [-0.15, -0.1) is 0 Å². The molecule has 1 heterocycles. The van der Waals surface area contributed by atoms with Crippen molar-refractivity contribution in [3.8, 4) is 17.6 Å². The third-order valence-electron chi connectivity index (χ3n) is 5.33. The number of hydrogen-bond donors (Lipinski definition) is 1. The van der Waals surface area contributed by atoms with Gasteiger partial charge in [0.1, 0.15) is 5.75 Å². The van der Waals surface area contributed by atoms with E-state index in [0.717, 1.165) is 36.3 Å². The van der Waals surface area contributed by atoms with E-state index in [9.17, 15) is 4.79 Å². The van der Waals surface area contributed by atoms with Crippen molar-refractivity contribution in [1.82, 2.24) is 4.90 Å². The molecule has 0 bridgehead atoms. The summed E-state index contributed by atoms with van der Waals surface area (Å²) in [7, 11) is 0. The van der Waals surface area contributed by atoms with Crippen LogP contribution < -0.4 is 4.74 Å².